The van der Waals surface area contributed by atoms with Crippen molar-refractivity contribution in [3.8, 4) is 0 Å². The van der Waals surface area contributed by atoms with E-state index in [1.807, 2.05) is 13.0 Å². The molecule has 56 valence electrons. The fourth-order valence-electron chi connectivity index (χ4n) is 0.504. The van der Waals surface area contributed by atoms with Gasteiger partial charge in [0.2, 0.25) is 0 Å². The van der Waals surface area contributed by atoms with E-state index in [9.17, 15) is 4.79 Å². The highest BCUT2D eigenvalue weighted by atomic mass is 16.6. The highest BCUT2D eigenvalue weighted by Gasteiger charge is 2.32. The van der Waals surface area contributed by atoms with Crippen LogP contribution in [0.4, 0.5) is 0 Å². The van der Waals surface area contributed by atoms with Crippen LogP contribution in [0.15, 0.2) is 12.2 Å². The first kappa shape index (κ1) is 7.28. The molecule has 1 unspecified atom stereocenters. The van der Waals surface area contributed by atoms with Crippen LogP contribution in [0, 0.1) is 0 Å². The largest absolute Gasteiger partial charge is 0.459 e. The first-order valence-electron chi connectivity index (χ1n) is 3.24. The van der Waals surface area contributed by atoms with Crippen molar-refractivity contribution in [1.82, 2.24) is 0 Å². The van der Waals surface area contributed by atoms with E-state index in [1.165, 1.54) is 0 Å². The van der Waals surface area contributed by atoms with Gasteiger partial charge in [-0.05, 0) is 6.92 Å². The van der Waals surface area contributed by atoms with Gasteiger partial charge >= 0.3 is 5.97 Å². The number of hydrogen-bond donors (Lipinski definition) is 0. The molecule has 0 aromatic carbocycles. The average Bonchev–Trinajstić information content (AvgIpc) is 2.69. The molecule has 0 radical (unpaired) electrons. The Morgan fingerprint density at radius 3 is 3.10 bits per heavy atom. The zero-order valence-electron chi connectivity index (χ0n) is 5.87. The van der Waals surface area contributed by atoms with Crippen LogP contribution in [0.2, 0.25) is 0 Å². The lowest BCUT2D eigenvalue weighted by Gasteiger charge is -1.95. The molecule has 0 saturated carbocycles. The van der Waals surface area contributed by atoms with Crippen LogP contribution in [-0.2, 0) is 14.3 Å². The summed E-state index contributed by atoms with van der Waals surface area (Å²) in [6, 6.07) is 0. The predicted octanol–water partition coefficient (Wildman–Crippen LogP) is 0.504. The summed E-state index contributed by atoms with van der Waals surface area (Å²) in [5, 5.41) is 0. The van der Waals surface area contributed by atoms with Gasteiger partial charge in [-0.25, -0.2) is 4.79 Å². The van der Waals surface area contributed by atoms with Crippen molar-refractivity contribution in [2.75, 3.05) is 13.2 Å². The Balaban J connectivity index is 2.06. The SMILES string of the molecule is CC=CCOC(=O)C1CO1. The summed E-state index contributed by atoms with van der Waals surface area (Å²) in [4.78, 5) is 10.7. The molecule has 1 aliphatic rings. The molecule has 1 atom stereocenters. The predicted molar refractivity (Wildman–Crippen MR) is 35.5 cm³/mol. The van der Waals surface area contributed by atoms with Gasteiger partial charge in [0.25, 0.3) is 0 Å². The van der Waals surface area contributed by atoms with E-state index in [0.717, 1.165) is 0 Å². The van der Waals surface area contributed by atoms with E-state index in [1.54, 1.807) is 6.08 Å². The van der Waals surface area contributed by atoms with Crippen LogP contribution < -0.4 is 0 Å². The second-order valence-electron chi connectivity index (χ2n) is 2.02. The van der Waals surface area contributed by atoms with Gasteiger partial charge in [0.1, 0.15) is 6.61 Å². The molecule has 3 heteroatoms. The van der Waals surface area contributed by atoms with Crippen molar-refractivity contribution >= 4 is 5.97 Å². The maximum Gasteiger partial charge on any atom is 0.338 e. The molecule has 1 heterocycles. The molecule has 1 rings (SSSR count). The van der Waals surface area contributed by atoms with E-state index in [-0.39, 0.29) is 12.1 Å². The molecule has 0 bridgehead atoms. The highest BCUT2D eigenvalue weighted by molar-refractivity contribution is 5.77. The monoisotopic (exact) mass is 142 g/mol. The standard InChI is InChI=1S/C7H10O3/c1-2-3-4-9-7(8)6-5-10-6/h2-3,6H,4-5H2,1H3. The van der Waals surface area contributed by atoms with Gasteiger partial charge in [0.05, 0.1) is 6.61 Å². The zero-order valence-corrected chi connectivity index (χ0v) is 5.87. The number of allylic oxidation sites excluding steroid dienone is 1. The third-order valence-electron chi connectivity index (χ3n) is 1.15. The van der Waals surface area contributed by atoms with Crippen LogP contribution >= 0.6 is 0 Å². The molecule has 0 aromatic heterocycles. The van der Waals surface area contributed by atoms with E-state index >= 15 is 0 Å². The average molecular weight is 142 g/mol. The molecule has 0 N–H and O–H groups in total. The van der Waals surface area contributed by atoms with E-state index in [4.69, 9.17) is 9.47 Å². The number of carbonyl (C=O) groups is 1. The van der Waals surface area contributed by atoms with E-state index in [2.05, 4.69) is 0 Å². The minimum atomic E-state index is -0.273. The summed E-state index contributed by atoms with van der Waals surface area (Å²) >= 11 is 0. The first-order valence-corrected chi connectivity index (χ1v) is 3.24. The summed E-state index contributed by atoms with van der Waals surface area (Å²) in [7, 11) is 0. The zero-order chi connectivity index (χ0) is 7.40. The minimum Gasteiger partial charge on any atom is -0.459 e. The minimum absolute atomic E-state index is 0.252. The molecule has 1 fully saturated rings. The second-order valence-corrected chi connectivity index (χ2v) is 2.02. The van der Waals surface area contributed by atoms with Crippen molar-refractivity contribution < 1.29 is 14.3 Å². The van der Waals surface area contributed by atoms with Crippen LogP contribution in [0.5, 0.6) is 0 Å². The Labute approximate surface area is 59.6 Å². The number of rotatable bonds is 3. The van der Waals surface area contributed by atoms with Crippen LogP contribution in [-0.4, -0.2) is 25.3 Å². The molecule has 0 amide bonds. The maximum absolute atomic E-state index is 10.7. The summed E-state index contributed by atoms with van der Waals surface area (Å²) in [6.07, 6.45) is 3.34. The van der Waals surface area contributed by atoms with Gasteiger partial charge in [-0.2, -0.15) is 0 Å². The van der Waals surface area contributed by atoms with Gasteiger partial charge in [-0.15, -0.1) is 0 Å². The summed E-state index contributed by atoms with van der Waals surface area (Å²) < 4.78 is 9.46. The number of ether oxygens (including phenoxy) is 2. The van der Waals surface area contributed by atoms with Crippen molar-refractivity contribution in [2.24, 2.45) is 0 Å². The van der Waals surface area contributed by atoms with Crippen LogP contribution in [0.1, 0.15) is 6.92 Å². The second kappa shape index (κ2) is 3.37. The Hall–Kier alpha value is -0.830. The fraction of sp³-hybridized carbons (Fsp3) is 0.571. The lowest BCUT2D eigenvalue weighted by atomic mass is 10.5. The van der Waals surface area contributed by atoms with Gasteiger partial charge in [-0.3, -0.25) is 0 Å². The smallest absolute Gasteiger partial charge is 0.338 e. The first-order chi connectivity index (χ1) is 4.84. The molecule has 1 saturated heterocycles. The molecular weight excluding hydrogens is 132 g/mol. The quantitative estimate of drug-likeness (QED) is 0.327. The van der Waals surface area contributed by atoms with Crippen molar-refractivity contribution in [2.45, 2.75) is 13.0 Å². The lowest BCUT2D eigenvalue weighted by Crippen LogP contribution is -2.10. The summed E-state index contributed by atoms with van der Waals surface area (Å²) in [5.74, 6) is -0.252. The molecule has 0 spiro atoms. The third-order valence-corrected chi connectivity index (χ3v) is 1.15. The highest BCUT2D eigenvalue weighted by Crippen LogP contribution is 2.09. The number of carbonyl (C=O) groups excluding carboxylic acids is 1. The topological polar surface area (TPSA) is 38.8 Å². The van der Waals surface area contributed by atoms with Gasteiger partial charge < -0.3 is 9.47 Å². The Morgan fingerprint density at radius 1 is 1.90 bits per heavy atom. The van der Waals surface area contributed by atoms with Crippen LogP contribution in [0.25, 0.3) is 0 Å². The van der Waals surface area contributed by atoms with Crippen molar-refractivity contribution in [1.29, 1.82) is 0 Å². The number of hydrogen-bond acceptors (Lipinski definition) is 3. The number of esters is 1. The molecule has 0 aliphatic carbocycles. The van der Waals surface area contributed by atoms with Gasteiger partial charge in [0.15, 0.2) is 6.10 Å². The summed E-state index contributed by atoms with van der Waals surface area (Å²) in [6.45, 7) is 2.76. The van der Waals surface area contributed by atoms with Crippen LogP contribution in [0.3, 0.4) is 0 Å². The molecule has 3 nitrogen and oxygen atoms in total. The normalized spacial score (nSPS) is 23.1. The molecular formula is C7H10O3. The molecule has 10 heavy (non-hydrogen) atoms. The lowest BCUT2D eigenvalue weighted by molar-refractivity contribution is -0.143. The van der Waals surface area contributed by atoms with Gasteiger partial charge in [0, 0.05) is 0 Å². The summed E-state index contributed by atoms with van der Waals surface area (Å²) in [5.41, 5.74) is 0. The van der Waals surface area contributed by atoms with Crippen molar-refractivity contribution in [3.63, 3.8) is 0 Å². The van der Waals surface area contributed by atoms with E-state index < -0.39 is 0 Å². The Kier molecular flexibility index (Phi) is 2.45. The van der Waals surface area contributed by atoms with E-state index in [0.29, 0.717) is 13.2 Å². The Morgan fingerprint density at radius 2 is 2.60 bits per heavy atom. The maximum atomic E-state index is 10.7. The van der Waals surface area contributed by atoms with Gasteiger partial charge in [-0.1, -0.05) is 12.2 Å². The molecule has 0 aromatic rings. The molecule has 1 aliphatic heterocycles. The number of epoxide rings is 1. The third kappa shape index (κ3) is 2.19. The fourth-order valence-corrected chi connectivity index (χ4v) is 0.504. The van der Waals surface area contributed by atoms with Crippen molar-refractivity contribution in [3.05, 3.63) is 12.2 Å². The Bertz CT molecular complexity index is 147.